The maximum absolute atomic E-state index is 4.40. The maximum atomic E-state index is 4.40. The molecule has 0 fully saturated rings. The number of hydrogen-bond acceptors (Lipinski definition) is 4. The van der Waals surface area contributed by atoms with Crippen molar-refractivity contribution in [3.8, 4) is 0 Å². The second-order valence-corrected chi connectivity index (χ2v) is 4.27. The number of anilines is 2. The van der Waals surface area contributed by atoms with E-state index in [4.69, 9.17) is 0 Å². The Hall–Kier alpha value is -2.10. The Morgan fingerprint density at radius 3 is 2.53 bits per heavy atom. The van der Waals surface area contributed by atoms with E-state index >= 15 is 0 Å². The SMILES string of the molecule is CCNc1nccc(NCc2ccccc2CC)n1. The molecule has 4 nitrogen and oxygen atoms in total. The Bertz CT molecular complexity index is 525. The molecule has 19 heavy (non-hydrogen) atoms. The second-order valence-electron chi connectivity index (χ2n) is 4.27. The molecular weight excluding hydrogens is 236 g/mol. The van der Waals surface area contributed by atoms with E-state index in [1.807, 2.05) is 13.0 Å². The number of nitrogens with one attached hydrogen (secondary N) is 2. The first kappa shape index (κ1) is 13.3. The Morgan fingerprint density at radius 2 is 1.79 bits per heavy atom. The van der Waals surface area contributed by atoms with Crippen molar-refractivity contribution in [3.63, 3.8) is 0 Å². The van der Waals surface area contributed by atoms with Crippen LogP contribution in [0.1, 0.15) is 25.0 Å². The fraction of sp³-hybridized carbons (Fsp3) is 0.333. The molecule has 0 aliphatic heterocycles. The number of benzene rings is 1. The highest BCUT2D eigenvalue weighted by Gasteiger charge is 2.01. The van der Waals surface area contributed by atoms with Gasteiger partial charge in [-0.25, -0.2) is 4.98 Å². The summed E-state index contributed by atoms with van der Waals surface area (Å²) in [7, 11) is 0. The Balaban J connectivity index is 2.03. The van der Waals surface area contributed by atoms with E-state index in [1.165, 1.54) is 11.1 Å². The predicted octanol–water partition coefficient (Wildman–Crippen LogP) is 3.08. The number of nitrogens with zero attached hydrogens (tertiary/aromatic N) is 2. The van der Waals surface area contributed by atoms with Crippen LogP contribution in [0, 0.1) is 0 Å². The van der Waals surface area contributed by atoms with Crippen molar-refractivity contribution < 1.29 is 0 Å². The highest BCUT2D eigenvalue weighted by Crippen LogP contribution is 2.12. The predicted molar refractivity (Wildman–Crippen MR) is 79.3 cm³/mol. The van der Waals surface area contributed by atoms with Crippen LogP contribution in [0.2, 0.25) is 0 Å². The standard InChI is InChI=1S/C15H20N4/c1-3-12-7-5-6-8-13(12)11-18-14-9-10-17-15(19-14)16-4-2/h5-10H,3-4,11H2,1-2H3,(H2,16,17,18,19). The van der Waals surface area contributed by atoms with Gasteiger partial charge in [0.2, 0.25) is 5.95 Å². The van der Waals surface area contributed by atoms with Crippen LogP contribution in [0.3, 0.4) is 0 Å². The molecule has 2 aromatic rings. The summed E-state index contributed by atoms with van der Waals surface area (Å²) < 4.78 is 0. The van der Waals surface area contributed by atoms with Crippen LogP contribution in [0.25, 0.3) is 0 Å². The van der Waals surface area contributed by atoms with Crippen LogP contribution >= 0.6 is 0 Å². The van der Waals surface area contributed by atoms with Crippen molar-refractivity contribution in [1.29, 1.82) is 0 Å². The van der Waals surface area contributed by atoms with E-state index in [9.17, 15) is 0 Å². The molecule has 1 aromatic carbocycles. The smallest absolute Gasteiger partial charge is 0.224 e. The number of aromatic nitrogens is 2. The van der Waals surface area contributed by atoms with E-state index in [-0.39, 0.29) is 0 Å². The third kappa shape index (κ3) is 3.68. The van der Waals surface area contributed by atoms with Crippen LogP contribution in [-0.4, -0.2) is 16.5 Å². The molecule has 100 valence electrons. The molecule has 1 aromatic heterocycles. The molecule has 0 bridgehead atoms. The van der Waals surface area contributed by atoms with E-state index in [1.54, 1.807) is 6.20 Å². The van der Waals surface area contributed by atoms with Gasteiger partial charge in [-0.3, -0.25) is 0 Å². The lowest BCUT2D eigenvalue weighted by molar-refractivity contribution is 1.02. The summed E-state index contributed by atoms with van der Waals surface area (Å²) in [5.41, 5.74) is 2.68. The average Bonchev–Trinajstić information content (AvgIpc) is 2.46. The van der Waals surface area contributed by atoms with E-state index in [0.717, 1.165) is 25.3 Å². The fourth-order valence-electron chi connectivity index (χ4n) is 1.96. The van der Waals surface area contributed by atoms with Gasteiger partial charge in [-0.2, -0.15) is 4.98 Å². The minimum atomic E-state index is 0.663. The van der Waals surface area contributed by atoms with Crippen LogP contribution < -0.4 is 10.6 Å². The molecule has 0 saturated heterocycles. The lowest BCUT2D eigenvalue weighted by atomic mass is 10.1. The summed E-state index contributed by atoms with van der Waals surface area (Å²) >= 11 is 0. The van der Waals surface area contributed by atoms with Gasteiger partial charge in [-0.1, -0.05) is 31.2 Å². The lowest BCUT2D eigenvalue weighted by Crippen LogP contribution is -2.07. The first-order valence-corrected chi connectivity index (χ1v) is 6.71. The van der Waals surface area contributed by atoms with Crippen LogP contribution in [0.4, 0.5) is 11.8 Å². The zero-order chi connectivity index (χ0) is 13.5. The van der Waals surface area contributed by atoms with Crippen molar-refractivity contribution in [1.82, 2.24) is 9.97 Å². The minimum Gasteiger partial charge on any atom is -0.366 e. The first-order valence-electron chi connectivity index (χ1n) is 6.71. The number of rotatable bonds is 6. The Kier molecular flexibility index (Phi) is 4.72. The van der Waals surface area contributed by atoms with Gasteiger partial charge in [0.15, 0.2) is 0 Å². The third-order valence-electron chi connectivity index (χ3n) is 2.95. The molecule has 0 spiro atoms. The van der Waals surface area contributed by atoms with Crippen molar-refractivity contribution in [2.24, 2.45) is 0 Å². The number of aryl methyl sites for hydroxylation is 1. The number of hydrogen-bond donors (Lipinski definition) is 2. The maximum Gasteiger partial charge on any atom is 0.224 e. The molecule has 0 radical (unpaired) electrons. The molecule has 0 aliphatic rings. The molecule has 2 rings (SSSR count). The quantitative estimate of drug-likeness (QED) is 0.834. The van der Waals surface area contributed by atoms with Gasteiger partial charge in [0.1, 0.15) is 5.82 Å². The molecule has 0 amide bonds. The molecule has 0 unspecified atom stereocenters. The van der Waals surface area contributed by atoms with Crippen molar-refractivity contribution in [2.45, 2.75) is 26.8 Å². The molecule has 0 saturated carbocycles. The van der Waals surface area contributed by atoms with Crippen LogP contribution in [0.5, 0.6) is 0 Å². The highest BCUT2D eigenvalue weighted by atomic mass is 15.1. The summed E-state index contributed by atoms with van der Waals surface area (Å²) in [6, 6.07) is 10.4. The van der Waals surface area contributed by atoms with Crippen molar-refractivity contribution in [2.75, 3.05) is 17.2 Å². The Morgan fingerprint density at radius 1 is 1.00 bits per heavy atom. The largest absolute Gasteiger partial charge is 0.366 e. The molecule has 0 atom stereocenters. The summed E-state index contributed by atoms with van der Waals surface area (Å²) in [6.45, 7) is 5.81. The zero-order valence-electron chi connectivity index (χ0n) is 11.5. The van der Waals surface area contributed by atoms with E-state index in [0.29, 0.717) is 5.95 Å². The van der Waals surface area contributed by atoms with Gasteiger partial charge in [0.05, 0.1) is 0 Å². The van der Waals surface area contributed by atoms with Crippen LogP contribution in [-0.2, 0) is 13.0 Å². The monoisotopic (exact) mass is 256 g/mol. The molecule has 0 aliphatic carbocycles. The average molecular weight is 256 g/mol. The normalized spacial score (nSPS) is 10.2. The summed E-state index contributed by atoms with van der Waals surface area (Å²) in [5, 5.41) is 6.45. The molecule has 4 heteroatoms. The highest BCUT2D eigenvalue weighted by molar-refractivity contribution is 5.41. The lowest BCUT2D eigenvalue weighted by Gasteiger charge is -2.10. The van der Waals surface area contributed by atoms with Gasteiger partial charge in [0, 0.05) is 19.3 Å². The van der Waals surface area contributed by atoms with Crippen LogP contribution in [0.15, 0.2) is 36.5 Å². The fourth-order valence-corrected chi connectivity index (χ4v) is 1.96. The Labute approximate surface area is 114 Å². The van der Waals surface area contributed by atoms with E-state index in [2.05, 4.69) is 51.8 Å². The summed E-state index contributed by atoms with van der Waals surface area (Å²) in [5.74, 6) is 1.51. The summed E-state index contributed by atoms with van der Waals surface area (Å²) in [4.78, 5) is 8.56. The summed E-state index contributed by atoms with van der Waals surface area (Å²) in [6.07, 6.45) is 2.81. The molecule has 1 heterocycles. The molecular formula is C15H20N4. The van der Waals surface area contributed by atoms with Gasteiger partial charge in [-0.05, 0) is 30.5 Å². The second kappa shape index (κ2) is 6.73. The van der Waals surface area contributed by atoms with E-state index < -0.39 is 0 Å². The van der Waals surface area contributed by atoms with Crippen molar-refractivity contribution in [3.05, 3.63) is 47.7 Å². The third-order valence-corrected chi connectivity index (χ3v) is 2.95. The van der Waals surface area contributed by atoms with Gasteiger partial charge < -0.3 is 10.6 Å². The zero-order valence-corrected chi connectivity index (χ0v) is 11.5. The van der Waals surface area contributed by atoms with Gasteiger partial charge in [0.25, 0.3) is 0 Å². The first-order chi connectivity index (χ1) is 9.33. The molecule has 2 N–H and O–H groups in total. The van der Waals surface area contributed by atoms with Gasteiger partial charge in [-0.15, -0.1) is 0 Å². The minimum absolute atomic E-state index is 0.663. The van der Waals surface area contributed by atoms with Gasteiger partial charge >= 0.3 is 0 Å². The van der Waals surface area contributed by atoms with Crippen molar-refractivity contribution >= 4 is 11.8 Å². The topological polar surface area (TPSA) is 49.8 Å².